The quantitative estimate of drug-likeness (QED) is 0.858. The molecule has 0 atom stereocenters. The predicted molar refractivity (Wildman–Crippen MR) is 70.4 cm³/mol. The minimum atomic E-state index is -2.95. The van der Waals surface area contributed by atoms with Gasteiger partial charge >= 0.3 is 5.97 Å². The normalized spacial score (nSPS) is 18.9. The minimum Gasteiger partial charge on any atom is -0.477 e. The van der Waals surface area contributed by atoms with Crippen molar-refractivity contribution in [1.82, 2.24) is 5.32 Å². The van der Waals surface area contributed by atoms with Crippen LogP contribution in [0.4, 0.5) is 0 Å². The lowest BCUT2D eigenvalue weighted by Crippen LogP contribution is -2.40. The second kappa shape index (κ2) is 5.30. The van der Waals surface area contributed by atoms with Crippen LogP contribution in [0, 0.1) is 0 Å². The van der Waals surface area contributed by atoms with Crippen molar-refractivity contribution in [1.29, 1.82) is 0 Å². The van der Waals surface area contributed by atoms with E-state index in [1.165, 1.54) is 12.1 Å². The Morgan fingerprint density at radius 2 is 1.79 bits per heavy atom. The number of carbonyl (C=O) groups is 2. The Kier molecular flexibility index (Phi) is 3.91. The van der Waals surface area contributed by atoms with Gasteiger partial charge in [0.25, 0.3) is 5.91 Å². The van der Waals surface area contributed by atoms with Crippen molar-refractivity contribution >= 4 is 33.1 Å². The van der Waals surface area contributed by atoms with Crippen LogP contribution in [0.5, 0.6) is 0 Å². The van der Waals surface area contributed by atoms with Gasteiger partial charge in [0.2, 0.25) is 0 Å². The van der Waals surface area contributed by atoms with Crippen molar-refractivity contribution in [2.75, 3.05) is 11.5 Å². The third-order valence-corrected chi connectivity index (χ3v) is 5.72. The fourth-order valence-corrected chi connectivity index (χ4v) is 4.11. The van der Waals surface area contributed by atoms with E-state index in [0.29, 0.717) is 17.7 Å². The lowest BCUT2D eigenvalue weighted by molar-refractivity contribution is 0.0702. The molecule has 1 saturated heterocycles. The van der Waals surface area contributed by atoms with Crippen molar-refractivity contribution in [2.45, 2.75) is 18.9 Å². The molecule has 8 heteroatoms. The Morgan fingerprint density at radius 3 is 2.32 bits per heavy atom. The summed E-state index contributed by atoms with van der Waals surface area (Å²) in [4.78, 5) is 23.0. The summed E-state index contributed by atoms with van der Waals surface area (Å²) in [5.41, 5.74) is 0. The number of amides is 1. The van der Waals surface area contributed by atoms with Gasteiger partial charge in [0.15, 0.2) is 0 Å². The molecule has 0 spiro atoms. The van der Waals surface area contributed by atoms with Gasteiger partial charge in [0.05, 0.1) is 16.4 Å². The lowest BCUT2D eigenvalue weighted by Gasteiger charge is -2.22. The van der Waals surface area contributed by atoms with Gasteiger partial charge in [0.1, 0.15) is 14.7 Å². The van der Waals surface area contributed by atoms with Crippen LogP contribution in [0.3, 0.4) is 0 Å². The third kappa shape index (κ3) is 3.54. The maximum Gasteiger partial charge on any atom is 0.345 e. The van der Waals surface area contributed by atoms with Gasteiger partial charge in [-0.3, -0.25) is 4.79 Å². The molecular formula is C11H13NO5S2. The predicted octanol–water partition coefficient (Wildman–Crippen LogP) is 0.753. The highest BCUT2D eigenvalue weighted by Crippen LogP contribution is 2.18. The largest absolute Gasteiger partial charge is 0.477 e. The van der Waals surface area contributed by atoms with E-state index in [1.54, 1.807) is 0 Å². The lowest BCUT2D eigenvalue weighted by atomic mass is 10.1. The molecule has 19 heavy (non-hydrogen) atoms. The molecule has 0 radical (unpaired) electrons. The van der Waals surface area contributed by atoms with Crippen LogP contribution in [0.25, 0.3) is 0 Å². The van der Waals surface area contributed by atoms with Crippen LogP contribution in [0.2, 0.25) is 0 Å². The summed E-state index contributed by atoms with van der Waals surface area (Å²) in [6, 6.07) is 2.68. The van der Waals surface area contributed by atoms with E-state index in [2.05, 4.69) is 5.32 Å². The highest BCUT2D eigenvalue weighted by Gasteiger charge is 2.25. The van der Waals surface area contributed by atoms with E-state index in [4.69, 9.17) is 5.11 Å². The molecule has 0 unspecified atom stereocenters. The maximum absolute atomic E-state index is 11.9. The number of sulfone groups is 1. The Balaban J connectivity index is 1.96. The highest BCUT2D eigenvalue weighted by molar-refractivity contribution is 7.91. The molecule has 2 heterocycles. The SMILES string of the molecule is O=C(O)c1ccc(C(=O)NC2CCS(=O)(=O)CC2)s1. The van der Waals surface area contributed by atoms with Gasteiger partial charge in [-0.15, -0.1) is 11.3 Å². The van der Waals surface area contributed by atoms with Crippen molar-refractivity contribution in [3.8, 4) is 0 Å². The summed E-state index contributed by atoms with van der Waals surface area (Å²) in [5, 5.41) is 11.5. The van der Waals surface area contributed by atoms with Crippen molar-refractivity contribution in [2.24, 2.45) is 0 Å². The Morgan fingerprint density at radius 1 is 1.21 bits per heavy atom. The van der Waals surface area contributed by atoms with Gasteiger partial charge in [-0.1, -0.05) is 0 Å². The fourth-order valence-electron chi connectivity index (χ4n) is 1.87. The molecule has 0 saturated carbocycles. The van der Waals surface area contributed by atoms with E-state index in [0.717, 1.165) is 11.3 Å². The molecule has 2 rings (SSSR count). The van der Waals surface area contributed by atoms with Gasteiger partial charge in [-0.05, 0) is 25.0 Å². The zero-order valence-corrected chi connectivity index (χ0v) is 11.6. The van der Waals surface area contributed by atoms with Crippen LogP contribution in [-0.2, 0) is 9.84 Å². The van der Waals surface area contributed by atoms with Gasteiger partial charge in [-0.25, -0.2) is 13.2 Å². The summed E-state index contributed by atoms with van der Waals surface area (Å²) in [7, 11) is -2.95. The van der Waals surface area contributed by atoms with Crippen molar-refractivity contribution < 1.29 is 23.1 Å². The first-order valence-electron chi connectivity index (χ1n) is 5.72. The monoisotopic (exact) mass is 303 g/mol. The van der Waals surface area contributed by atoms with E-state index >= 15 is 0 Å². The number of rotatable bonds is 3. The number of carbonyl (C=O) groups excluding carboxylic acids is 1. The van der Waals surface area contributed by atoms with Crippen LogP contribution < -0.4 is 5.32 Å². The van der Waals surface area contributed by atoms with E-state index in [1.807, 2.05) is 0 Å². The van der Waals surface area contributed by atoms with Crippen molar-refractivity contribution in [3.05, 3.63) is 21.9 Å². The maximum atomic E-state index is 11.9. The molecule has 2 N–H and O–H groups in total. The molecule has 6 nitrogen and oxygen atoms in total. The van der Waals surface area contributed by atoms with E-state index in [9.17, 15) is 18.0 Å². The van der Waals surface area contributed by atoms with Crippen LogP contribution in [0.1, 0.15) is 32.2 Å². The number of hydrogen-bond acceptors (Lipinski definition) is 5. The molecule has 0 aromatic carbocycles. The van der Waals surface area contributed by atoms with E-state index in [-0.39, 0.29) is 28.3 Å². The standard InChI is InChI=1S/C11H13NO5S2/c13-10(8-1-2-9(18-8)11(14)15)12-7-3-5-19(16,17)6-4-7/h1-2,7H,3-6H2,(H,12,13)(H,14,15). The first kappa shape index (κ1) is 14.0. The zero-order chi connectivity index (χ0) is 14.0. The average Bonchev–Trinajstić information content (AvgIpc) is 2.81. The molecule has 1 aliphatic heterocycles. The van der Waals surface area contributed by atoms with Crippen LogP contribution in [-0.4, -0.2) is 42.9 Å². The first-order chi connectivity index (χ1) is 8.87. The molecule has 1 aromatic heterocycles. The number of nitrogens with one attached hydrogen (secondary N) is 1. The van der Waals surface area contributed by atoms with Crippen LogP contribution in [0.15, 0.2) is 12.1 Å². The number of aromatic carboxylic acids is 1. The molecule has 1 aliphatic rings. The smallest absolute Gasteiger partial charge is 0.345 e. The average molecular weight is 303 g/mol. The minimum absolute atomic E-state index is 0.0861. The molecule has 0 bridgehead atoms. The summed E-state index contributed by atoms with van der Waals surface area (Å²) in [5.74, 6) is -1.24. The third-order valence-electron chi connectivity index (χ3n) is 2.93. The summed E-state index contributed by atoms with van der Waals surface area (Å²) in [6.07, 6.45) is 0.816. The van der Waals surface area contributed by atoms with Gasteiger partial charge < -0.3 is 10.4 Å². The van der Waals surface area contributed by atoms with Gasteiger partial charge in [-0.2, -0.15) is 0 Å². The number of thiophene rings is 1. The first-order valence-corrected chi connectivity index (χ1v) is 8.35. The highest BCUT2D eigenvalue weighted by atomic mass is 32.2. The number of hydrogen-bond donors (Lipinski definition) is 2. The molecule has 1 fully saturated rings. The van der Waals surface area contributed by atoms with E-state index < -0.39 is 15.8 Å². The molecule has 1 aromatic rings. The molecule has 1 amide bonds. The Labute approximate surface area is 114 Å². The summed E-state index contributed by atoms with van der Waals surface area (Å²) < 4.78 is 22.5. The Bertz CT molecular complexity index is 590. The van der Waals surface area contributed by atoms with Gasteiger partial charge in [0, 0.05) is 6.04 Å². The molecular weight excluding hydrogens is 290 g/mol. The second-order valence-corrected chi connectivity index (χ2v) is 7.76. The Hall–Kier alpha value is -1.41. The zero-order valence-electron chi connectivity index (χ0n) is 9.96. The summed E-state index contributed by atoms with van der Waals surface area (Å²) >= 11 is 0.908. The molecule has 0 aliphatic carbocycles. The second-order valence-electron chi connectivity index (χ2n) is 4.37. The van der Waals surface area contributed by atoms with Crippen molar-refractivity contribution in [3.63, 3.8) is 0 Å². The topological polar surface area (TPSA) is 101 Å². The summed E-state index contributed by atoms with van der Waals surface area (Å²) in [6.45, 7) is 0. The number of carboxylic acid groups (broad SMARTS) is 1. The van der Waals surface area contributed by atoms with Crippen LogP contribution >= 0.6 is 11.3 Å². The fraction of sp³-hybridized carbons (Fsp3) is 0.455. The number of carboxylic acids is 1. The molecule has 104 valence electrons.